The van der Waals surface area contributed by atoms with Crippen molar-refractivity contribution in [1.82, 2.24) is 19.7 Å². The minimum atomic E-state index is -0.447. The van der Waals surface area contributed by atoms with Gasteiger partial charge in [-0.05, 0) is 61.7 Å². The number of aromatic nitrogens is 4. The molecule has 1 amide bonds. The number of pyridine rings is 2. The molecule has 31 heavy (non-hydrogen) atoms. The number of primary amides is 1. The van der Waals surface area contributed by atoms with E-state index in [1.54, 1.807) is 12.3 Å². The Morgan fingerprint density at radius 2 is 2.00 bits per heavy atom. The van der Waals surface area contributed by atoms with Crippen LogP contribution in [-0.4, -0.2) is 31.0 Å². The zero-order valence-corrected chi connectivity index (χ0v) is 18.5. The van der Waals surface area contributed by atoms with Crippen LogP contribution in [0.4, 0.5) is 0 Å². The first-order chi connectivity index (χ1) is 15.0. The highest BCUT2D eigenvalue weighted by atomic mass is 35.5. The molecule has 0 aliphatic carbocycles. The van der Waals surface area contributed by atoms with Crippen molar-refractivity contribution in [3.05, 3.63) is 65.6 Å². The van der Waals surface area contributed by atoms with E-state index in [4.69, 9.17) is 39.0 Å². The fourth-order valence-corrected chi connectivity index (χ4v) is 3.99. The van der Waals surface area contributed by atoms with Gasteiger partial charge in [0.15, 0.2) is 0 Å². The van der Waals surface area contributed by atoms with E-state index < -0.39 is 5.91 Å². The summed E-state index contributed by atoms with van der Waals surface area (Å²) in [5, 5.41) is 5.98. The Balaban J connectivity index is 0.000000730. The molecule has 5 rings (SSSR count). The number of carbonyl (C=O) groups is 1. The summed E-state index contributed by atoms with van der Waals surface area (Å²) < 4.78 is 2.08. The monoisotopic (exact) mass is 453 g/mol. The Morgan fingerprint density at radius 3 is 2.74 bits per heavy atom. The maximum atomic E-state index is 11.7. The minimum absolute atomic E-state index is 0.194. The van der Waals surface area contributed by atoms with Crippen LogP contribution in [0, 0.1) is 6.92 Å². The van der Waals surface area contributed by atoms with Gasteiger partial charge in [-0.1, -0.05) is 6.07 Å². The fourth-order valence-electron chi connectivity index (χ4n) is 3.99. The number of carbonyl (C=O) groups excluding carboxylic acids is 1. The summed E-state index contributed by atoms with van der Waals surface area (Å²) in [5.74, 6) is -0.447. The number of aryl methyl sites for hydroxylation is 2. The van der Waals surface area contributed by atoms with E-state index in [9.17, 15) is 4.79 Å². The quantitative estimate of drug-likeness (QED) is 0.445. The van der Waals surface area contributed by atoms with E-state index in [-0.39, 0.29) is 5.34 Å². The average Bonchev–Trinajstić information content (AvgIpc) is 3.35. The van der Waals surface area contributed by atoms with Gasteiger partial charge in [-0.2, -0.15) is 5.10 Å². The molecule has 1 aromatic carbocycles. The molecule has 3 aromatic heterocycles. The lowest BCUT2D eigenvalue weighted by Crippen LogP contribution is -2.10. The maximum absolute atomic E-state index is 11.7. The highest BCUT2D eigenvalue weighted by molar-refractivity contribution is 6.40. The third-order valence-corrected chi connectivity index (χ3v) is 5.27. The van der Waals surface area contributed by atoms with Gasteiger partial charge in [-0.15, -0.1) is 23.2 Å². The molecule has 1 aliphatic rings. The van der Waals surface area contributed by atoms with Crippen molar-refractivity contribution in [2.45, 2.75) is 26.3 Å². The summed E-state index contributed by atoms with van der Waals surface area (Å²) in [6.07, 6.45) is 3.84. The van der Waals surface area contributed by atoms with Gasteiger partial charge >= 0.3 is 0 Å². The van der Waals surface area contributed by atoms with E-state index in [0.717, 1.165) is 58.5 Å². The number of nitrogens with two attached hydrogens (primary N) is 1. The van der Waals surface area contributed by atoms with Crippen molar-refractivity contribution in [1.29, 1.82) is 0 Å². The Bertz CT molecular complexity index is 1270. The molecule has 0 saturated carbocycles. The number of benzene rings is 1. The molecule has 158 valence electrons. The lowest BCUT2D eigenvalue weighted by Gasteiger charge is -2.10. The van der Waals surface area contributed by atoms with Gasteiger partial charge in [-0.25, -0.2) is 0 Å². The van der Waals surface area contributed by atoms with Crippen molar-refractivity contribution in [2.24, 2.45) is 5.73 Å². The molecule has 2 N–H and O–H groups in total. The van der Waals surface area contributed by atoms with Crippen molar-refractivity contribution < 1.29 is 4.79 Å². The Morgan fingerprint density at radius 1 is 1.19 bits per heavy atom. The molecule has 0 radical (unpaired) electrons. The Kier molecular flexibility index (Phi) is 6.20. The number of hydrogen-bond acceptors (Lipinski definition) is 4. The van der Waals surface area contributed by atoms with Crippen LogP contribution in [0.5, 0.6) is 0 Å². The maximum Gasteiger partial charge on any atom is 0.248 e. The molecule has 4 aromatic rings. The third kappa shape index (κ3) is 4.13. The van der Waals surface area contributed by atoms with Crippen molar-refractivity contribution in [3.8, 4) is 22.5 Å². The molecule has 0 spiro atoms. The summed E-state index contributed by atoms with van der Waals surface area (Å²) in [6, 6.07) is 13.3. The zero-order chi connectivity index (χ0) is 22.0. The largest absolute Gasteiger partial charge is 0.366 e. The van der Waals surface area contributed by atoms with E-state index in [0.29, 0.717) is 5.56 Å². The van der Waals surface area contributed by atoms with Crippen LogP contribution in [-0.2, 0) is 13.0 Å². The van der Waals surface area contributed by atoms with E-state index in [1.807, 2.05) is 43.3 Å². The van der Waals surface area contributed by atoms with Crippen molar-refractivity contribution in [3.63, 3.8) is 0 Å². The summed E-state index contributed by atoms with van der Waals surface area (Å²) >= 11 is 9.53. The van der Waals surface area contributed by atoms with Crippen LogP contribution < -0.4 is 5.73 Å². The molecule has 0 fully saturated rings. The number of hydrogen-bond donors (Lipinski definition) is 1. The van der Waals surface area contributed by atoms with Crippen LogP contribution in [0.15, 0.2) is 48.7 Å². The molecule has 0 bridgehead atoms. The van der Waals surface area contributed by atoms with E-state index in [2.05, 4.69) is 9.67 Å². The number of rotatable bonds is 3. The predicted octanol–water partition coefficient (Wildman–Crippen LogP) is 4.94. The standard InChI is InChI=1S/C22H19N5O.CH2Cl2/c1-13-4-2-5-18(25-13)21-20(19-6-3-11-27(19)26-21)15-9-10-24-17-8-7-14(22(23)28)12-16(15)17;2-1-3/h2,4-5,7-10,12H,3,6,11H2,1H3,(H2,23,28);1H2. The molecule has 1 aliphatic heterocycles. The molecule has 4 heterocycles. The second-order valence-corrected chi connectivity index (χ2v) is 8.03. The van der Waals surface area contributed by atoms with Gasteiger partial charge in [0.05, 0.1) is 16.5 Å². The first-order valence-corrected chi connectivity index (χ1v) is 10.9. The van der Waals surface area contributed by atoms with Gasteiger partial charge in [0.1, 0.15) is 5.69 Å². The van der Waals surface area contributed by atoms with Crippen LogP contribution in [0.25, 0.3) is 33.4 Å². The number of nitrogens with zero attached hydrogens (tertiary/aromatic N) is 4. The molecule has 8 heteroatoms. The smallest absolute Gasteiger partial charge is 0.248 e. The minimum Gasteiger partial charge on any atom is -0.366 e. The summed E-state index contributed by atoms with van der Waals surface area (Å²) in [4.78, 5) is 20.9. The highest BCUT2D eigenvalue weighted by Gasteiger charge is 2.25. The normalized spacial score (nSPS) is 12.4. The average molecular weight is 454 g/mol. The molecule has 0 unspecified atom stereocenters. The highest BCUT2D eigenvalue weighted by Crippen LogP contribution is 2.39. The van der Waals surface area contributed by atoms with Crippen molar-refractivity contribution >= 4 is 40.0 Å². The molecular weight excluding hydrogens is 433 g/mol. The molecular formula is C23H21Cl2N5O. The third-order valence-electron chi connectivity index (χ3n) is 5.27. The summed E-state index contributed by atoms with van der Waals surface area (Å²) in [7, 11) is 0. The lowest BCUT2D eigenvalue weighted by atomic mass is 9.95. The van der Waals surface area contributed by atoms with Gasteiger partial charge in [-0.3, -0.25) is 19.4 Å². The van der Waals surface area contributed by atoms with Crippen LogP contribution in [0.3, 0.4) is 0 Å². The summed E-state index contributed by atoms with van der Waals surface area (Å²) in [6.45, 7) is 2.89. The number of halogens is 2. The molecule has 6 nitrogen and oxygen atoms in total. The second kappa shape index (κ2) is 9.04. The van der Waals surface area contributed by atoms with Crippen LogP contribution >= 0.6 is 23.2 Å². The van der Waals surface area contributed by atoms with Gasteiger partial charge < -0.3 is 5.73 Å². The van der Waals surface area contributed by atoms with Gasteiger partial charge in [0, 0.05) is 40.6 Å². The number of amides is 1. The summed E-state index contributed by atoms with van der Waals surface area (Å²) in [5.41, 5.74) is 12.8. The van der Waals surface area contributed by atoms with E-state index >= 15 is 0 Å². The molecule has 0 atom stereocenters. The number of fused-ring (bicyclic) bond motifs is 2. The Labute approximate surface area is 190 Å². The Hall–Kier alpha value is -2.96. The first kappa shape index (κ1) is 21.3. The van der Waals surface area contributed by atoms with Crippen molar-refractivity contribution in [2.75, 3.05) is 5.34 Å². The zero-order valence-electron chi connectivity index (χ0n) is 17.0. The second-order valence-electron chi connectivity index (χ2n) is 7.22. The lowest BCUT2D eigenvalue weighted by molar-refractivity contribution is 0.100. The van der Waals surface area contributed by atoms with E-state index in [1.165, 1.54) is 5.69 Å². The molecule has 0 saturated heterocycles. The van der Waals surface area contributed by atoms with Gasteiger partial charge in [0.2, 0.25) is 5.91 Å². The first-order valence-electron chi connectivity index (χ1n) is 9.88. The predicted molar refractivity (Wildman–Crippen MR) is 124 cm³/mol. The van der Waals surface area contributed by atoms with Gasteiger partial charge in [0.25, 0.3) is 0 Å². The van der Waals surface area contributed by atoms with Crippen LogP contribution in [0.1, 0.15) is 28.2 Å². The van der Waals surface area contributed by atoms with Crippen LogP contribution in [0.2, 0.25) is 0 Å². The topological polar surface area (TPSA) is 86.7 Å². The number of alkyl halides is 2. The fraction of sp³-hybridized carbons (Fsp3) is 0.217. The SMILES string of the molecule is Cc1cccc(-c2nn3c(c2-c2ccnc4ccc(C(N)=O)cc24)CCC3)n1.ClCCl.